The van der Waals surface area contributed by atoms with Gasteiger partial charge in [-0.25, -0.2) is 19.9 Å². The van der Waals surface area contributed by atoms with Crippen LogP contribution in [0.15, 0.2) is 42.9 Å². The molecule has 13 heteroatoms. The van der Waals surface area contributed by atoms with Crippen molar-refractivity contribution in [1.29, 1.82) is 0 Å². The van der Waals surface area contributed by atoms with Gasteiger partial charge in [-0.1, -0.05) is 6.07 Å². The zero-order valence-electron chi connectivity index (χ0n) is 17.1. The van der Waals surface area contributed by atoms with Crippen molar-refractivity contribution >= 4 is 22.7 Å². The topological polar surface area (TPSA) is 81.4 Å². The SMILES string of the molecule is CC(C)n1cnc2c(Nc3ccnc(C(F)(F)F)c3)nc(-c3cccc(C(F)(F)F)n3)nc21. The van der Waals surface area contributed by atoms with E-state index in [9.17, 15) is 26.3 Å². The van der Waals surface area contributed by atoms with Crippen LogP contribution in [-0.4, -0.2) is 29.5 Å². The van der Waals surface area contributed by atoms with E-state index in [1.807, 2.05) is 13.8 Å². The number of rotatable bonds is 4. The molecular formula is C20H15F6N7. The van der Waals surface area contributed by atoms with Crippen molar-refractivity contribution in [3.8, 4) is 11.5 Å². The van der Waals surface area contributed by atoms with E-state index in [0.717, 1.165) is 18.3 Å². The number of hydrogen-bond acceptors (Lipinski definition) is 6. The number of nitrogens with zero attached hydrogens (tertiary/aromatic N) is 6. The molecular weight excluding hydrogens is 452 g/mol. The second kappa shape index (κ2) is 7.98. The van der Waals surface area contributed by atoms with Crippen molar-refractivity contribution in [2.24, 2.45) is 0 Å². The van der Waals surface area contributed by atoms with Crippen LogP contribution in [0.4, 0.5) is 37.8 Å². The smallest absolute Gasteiger partial charge is 0.338 e. The molecule has 1 N–H and O–H groups in total. The molecule has 172 valence electrons. The Morgan fingerprint density at radius 2 is 1.61 bits per heavy atom. The summed E-state index contributed by atoms with van der Waals surface area (Å²) in [5.74, 6) is -0.142. The molecule has 0 amide bonds. The molecule has 4 rings (SSSR count). The molecule has 0 aromatic carbocycles. The molecule has 0 spiro atoms. The van der Waals surface area contributed by atoms with E-state index in [1.165, 1.54) is 24.5 Å². The molecule has 0 aliphatic heterocycles. The zero-order valence-corrected chi connectivity index (χ0v) is 17.1. The van der Waals surface area contributed by atoms with Crippen molar-refractivity contribution < 1.29 is 26.3 Å². The monoisotopic (exact) mass is 467 g/mol. The number of fused-ring (bicyclic) bond motifs is 1. The van der Waals surface area contributed by atoms with Gasteiger partial charge in [-0.05, 0) is 38.1 Å². The molecule has 0 unspecified atom stereocenters. The first-order chi connectivity index (χ1) is 15.4. The Bertz CT molecular complexity index is 1310. The molecule has 0 bridgehead atoms. The first-order valence-corrected chi connectivity index (χ1v) is 9.53. The number of alkyl halides is 6. The summed E-state index contributed by atoms with van der Waals surface area (Å²) in [6.07, 6.45) is -6.89. The van der Waals surface area contributed by atoms with Crippen LogP contribution in [0.2, 0.25) is 0 Å². The molecule has 33 heavy (non-hydrogen) atoms. The van der Waals surface area contributed by atoms with Crippen LogP contribution in [0, 0.1) is 0 Å². The summed E-state index contributed by atoms with van der Waals surface area (Å²) in [5, 5.41) is 2.75. The van der Waals surface area contributed by atoms with Crippen LogP contribution in [0.3, 0.4) is 0 Å². The van der Waals surface area contributed by atoms with E-state index >= 15 is 0 Å². The van der Waals surface area contributed by atoms with Crippen molar-refractivity contribution in [3.63, 3.8) is 0 Å². The normalized spacial score (nSPS) is 12.5. The predicted molar refractivity (Wildman–Crippen MR) is 106 cm³/mol. The number of halogens is 6. The average molecular weight is 467 g/mol. The van der Waals surface area contributed by atoms with Crippen LogP contribution < -0.4 is 5.32 Å². The predicted octanol–water partition coefficient (Wildman–Crippen LogP) is 5.65. The van der Waals surface area contributed by atoms with Gasteiger partial charge in [0.05, 0.1) is 6.33 Å². The lowest BCUT2D eigenvalue weighted by Crippen LogP contribution is -2.10. The summed E-state index contributed by atoms with van der Waals surface area (Å²) >= 11 is 0. The van der Waals surface area contributed by atoms with Crippen LogP contribution in [-0.2, 0) is 12.4 Å². The molecule has 0 radical (unpaired) electrons. The minimum atomic E-state index is -4.67. The van der Waals surface area contributed by atoms with E-state index in [2.05, 4.69) is 30.2 Å². The molecule has 0 fully saturated rings. The van der Waals surface area contributed by atoms with Gasteiger partial charge in [0.1, 0.15) is 17.1 Å². The van der Waals surface area contributed by atoms with Gasteiger partial charge in [0, 0.05) is 17.9 Å². The number of imidazole rings is 1. The first kappa shape index (κ1) is 22.4. The van der Waals surface area contributed by atoms with Crippen LogP contribution in [0.5, 0.6) is 0 Å². The zero-order chi connectivity index (χ0) is 24.0. The number of nitrogens with one attached hydrogen (secondary N) is 1. The fourth-order valence-corrected chi connectivity index (χ4v) is 3.01. The summed E-state index contributed by atoms with van der Waals surface area (Å²) in [7, 11) is 0. The Kier molecular flexibility index (Phi) is 5.42. The van der Waals surface area contributed by atoms with E-state index in [-0.39, 0.29) is 40.2 Å². The largest absolute Gasteiger partial charge is 0.433 e. The maximum Gasteiger partial charge on any atom is 0.433 e. The van der Waals surface area contributed by atoms with Crippen molar-refractivity contribution in [3.05, 3.63) is 54.2 Å². The maximum atomic E-state index is 13.1. The number of anilines is 2. The quantitative estimate of drug-likeness (QED) is 0.391. The van der Waals surface area contributed by atoms with Crippen molar-refractivity contribution in [2.75, 3.05) is 5.32 Å². The molecule has 0 saturated carbocycles. The fraction of sp³-hybridized carbons (Fsp3) is 0.250. The third kappa shape index (κ3) is 4.56. The maximum absolute atomic E-state index is 13.1. The Hall–Kier alpha value is -3.77. The number of pyridine rings is 2. The summed E-state index contributed by atoms with van der Waals surface area (Å²) in [4.78, 5) is 19.7. The Morgan fingerprint density at radius 1 is 0.879 bits per heavy atom. The third-order valence-corrected chi connectivity index (χ3v) is 4.56. The van der Waals surface area contributed by atoms with Crippen molar-refractivity contribution in [2.45, 2.75) is 32.2 Å². The standard InChI is InChI=1S/C20H15F6N7/c1-10(2)33-9-28-15-17(29-11-6-7-27-14(8-11)20(24,25)26)31-16(32-18(15)33)12-4-3-5-13(30-12)19(21,22)23/h3-10H,1-2H3,(H,27,29,31,32). The van der Waals surface area contributed by atoms with Gasteiger partial charge in [-0.15, -0.1) is 0 Å². The number of aromatic nitrogens is 6. The molecule has 7 nitrogen and oxygen atoms in total. The molecule has 4 heterocycles. The van der Waals surface area contributed by atoms with Crippen LogP contribution >= 0.6 is 0 Å². The van der Waals surface area contributed by atoms with Gasteiger partial charge >= 0.3 is 12.4 Å². The summed E-state index contributed by atoms with van der Waals surface area (Å²) in [6, 6.07) is 5.27. The Morgan fingerprint density at radius 3 is 2.27 bits per heavy atom. The highest BCUT2D eigenvalue weighted by atomic mass is 19.4. The van der Waals surface area contributed by atoms with E-state index < -0.39 is 23.7 Å². The Labute approximate surface area is 182 Å². The summed E-state index contributed by atoms with van der Waals surface area (Å²) in [5.41, 5.74) is -1.88. The second-order valence-corrected chi connectivity index (χ2v) is 7.27. The van der Waals surface area contributed by atoms with Gasteiger partial charge in [0.15, 0.2) is 22.8 Å². The lowest BCUT2D eigenvalue weighted by molar-refractivity contribution is -0.141. The number of hydrogen-bond donors (Lipinski definition) is 1. The van der Waals surface area contributed by atoms with E-state index in [0.29, 0.717) is 0 Å². The highest BCUT2D eigenvalue weighted by Crippen LogP contribution is 2.32. The molecule has 4 aromatic rings. The first-order valence-electron chi connectivity index (χ1n) is 9.53. The minimum Gasteiger partial charge on any atom is -0.338 e. The highest BCUT2D eigenvalue weighted by Gasteiger charge is 2.33. The van der Waals surface area contributed by atoms with Crippen molar-refractivity contribution in [1.82, 2.24) is 29.5 Å². The summed E-state index contributed by atoms with van der Waals surface area (Å²) < 4.78 is 80.2. The lowest BCUT2D eigenvalue weighted by atomic mass is 10.2. The molecule has 4 aromatic heterocycles. The minimum absolute atomic E-state index is 0.00735. The van der Waals surface area contributed by atoms with Crippen LogP contribution in [0.1, 0.15) is 31.3 Å². The molecule has 0 aliphatic carbocycles. The Balaban J connectivity index is 1.87. The van der Waals surface area contributed by atoms with Gasteiger partial charge in [0.25, 0.3) is 0 Å². The van der Waals surface area contributed by atoms with E-state index in [4.69, 9.17) is 0 Å². The van der Waals surface area contributed by atoms with Gasteiger partial charge in [0.2, 0.25) is 0 Å². The molecule has 0 aliphatic rings. The fourth-order valence-electron chi connectivity index (χ4n) is 3.01. The van der Waals surface area contributed by atoms with E-state index in [1.54, 1.807) is 4.57 Å². The second-order valence-electron chi connectivity index (χ2n) is 7.27. The molecule has 0 atom stereocenters. The van der Waals surface area contributed by atoms with Crippen LogP contribution in [0.25, 0.3) is 22.7 Å². The average Bonchev–Trinajstić information content (AvgIpc) is 3.17. The lowest BCUT2D eigenvalue weighted by Gasteiger charge is -2.13. The highest BCUT2D eigenvalue weighted by molar-refractivity contribution is 5.87. The van der Waals surface area contributed by atoms with Gasteiger partial charge in [-0.2, -0.15) is 26.3 Å². The van der Waals surface area contributed by atoms with Gasteiger partial charge in [-0.3, -0.25) is 4.98 Å². The third-order valence-electron chi connectivity index (χ3n) is 4.56. The summed E-state index contributed by atoms with van der Waals surface area (Å²) in [6.45, 7) is 3.69. The molecule has 0 saturated heterocycles. The van der Waals surface area contributed by atoms with Gasteiger partial charge < -0.3 is 9.88 Å².